The maximum absolute atomic E-state index is 5.14. The summed E-state index contributed by atoms with van der Waals surface area (Å²) in [7, 11) is 0. The van der Waals surface area contributed by atoms with Crippen LogP contribution in [0.1, 0.15) is 12.8 Å². The minimum atomic E-state index is -0.0243. The fourth-order valence-electron chi connectivity index (χ4n) is 0.703. The van der Waals surface area contributed by atoms with Crippen LogP contribution in [0, 0.1) is 6.92 Å². The van der Waals surface area contributed by atoms with Gasteiger partial charge in [-0.05, 0) is 6.42 Å². The summed E-state index contributed by atoms with van der Waals surface area (Å²) in [6.07, 6.45) is 1.72. The zero-order valence-electron chi connectivity index (χ0n) is 6.01. The first kappa shape index (κ1) is 13.6. The van der Waals surface area contributed by atoms with Crippen LogP contribution in [-0.4, -0.2) is 19.5 Å². The molecule has 0 spiro atoms. The van der Waals surface area contributed by atoms with Crippen LogP contribution in [0.15, 0.2) is 0 Å². The van der Waals surface area contributed by atoms with Gasteiger partial charge in [0.05, 0.1) is 13.2 Å². The third-order valence-electron chi connectivity index (χ3n) is 1.13. The summed E-state index contributed by atoms with van der Waals surface area (Å²) >= 11 is 0. The van der Waals surface area contributed by atoms with Gasteiger partial charge in [0.2, 0.25) is 0 Å². The molecule has 10 heavy (non-hydrogen) atoms. The van der Waals surface area contributed by atoms with Gasteiger partial charge in [-0.1, -0.05) is 0 Å². The molecule has 1 fully saturated rings. The topological polar surface area (TPSA) is 18.5 Å². The Labute approximate surface area is 85.2 Å². The Morgan fingerprint density at radius 3 is 2.10 bits per heavy atom. The van der Waals surface area contributed by atoms with Gasteiger partial charge in [-0.2, -0.15) is 0 Å². The van der Waals surface area contributed by atoms with Crippen molar-refractivity contribution in [3.8, 4) is 0 Å². The maximum Gasteiger partial charge on any atom is 2.00 e. The average molecular weight is 260 g/mol. The molecule has 0 unspecified atom stereocenters. The Morgan fingerprint density at radius 1 is 1.30 bits per heavy atom. The van der Waals surface area contributed by atoms with E-state index in [2.05, 4.69) is 6.92 Å². The summed E-state index contributed by atoms with van der Waals surface area (Å²) in [6.45, 7) is 5.33. The Bertz CT molecular complexity index is 66.8. The monoisotopic (exact) mass is 258 g/mol. The van der Waals surface area contributed by atoms with E-state index in [9.17, 15) is 0 Å². The van der Waals surface area contributed by atoms with E-state index in [1.54, 1.807) is 0 Å². The summed E-state index contributed by atoms with van der Waals surface area (Å²) in [5.74, 6) is 0. The van der Waals surface area contributed by atoms with Crippen LogP contribution in [0.5, 0.6) is 0 Å². The number of hydrogen-bond acceptors (Lipinski definition) is 2. The third-order valence-corrected chi connectivity index (χ3v) is 1.13. The summed E-state index contributed by atoms with van der Waals surface area (Å²) in [4.78, 5) is 0. The number of halogens is 1. The Morgan fingerprint density at radius 2 is 1.80 bits per heavy atom. The molecule has 1 rings (SSSR count). The van der Waals surface area contributed by atoms with Crippen molar-refractivity contribution >= 4 is 0 Å². The molecule has 1 saturated heterocycles. The van der Waals surface area contributed by atoms with Crippen molar-refractivity contribution in [3.05, 3.63) is 6.92 Å². The molecule has 1 aliphatic heterocycles. The fraction of sp³-hybridized carbons (Fsp3) is 0.833. The van der Waals surface area contributed by atoms with Crippen molar-refractivity contribution in [1.29, 1.82) is 0 Å². The number of rotatable bonds is 1. The maximum atomic E-state index is 5.14. The van der Waals surface area contributed by atoms with Crippen molar-refractivity contribution < 1.29 is 45.9 Å². The molecule has 1 aliphatic rings. The summed E-state index contributed by atoms with van der Waals surface area (Å²) in [5.41, 5.74) is 0. The van der Waals surface area contributed by atoms with Gasteiger partial charge < -0.3 is 33.4 Å². The fourth-order valence-corrected chi connectivity index (χ4v) is 0.703. The van der Waals surface area contributed by atoms with Gasteiger partial charge in [-0.3, -0.25) is 0 Å². The molecule has 0 atom stereocenters. The minimum absolute atomic E-state index is 0. The molecule has 56 valence electrons. The third kappa shape index (κ3) is 4.78. The van der Waals surface area contributed by atoms with Crippen LogP contribution in [0.3, 0.4) is 0 Å². The van der Waals surface area contributed by atoms with Gasteiger partial charge in [0.25, 0.3) is 0 Å². The molecule has 4 heteroatoms. The number of hydrogen-bond donors (Lipinski definition) is 0. The molecule has 2 nitrogen and oxygen atoms in total. The van der Waals surface area contributed by atoms with E-state index in [-0.39, 0.29) is 42.7 Å². The van der Waals surface area contributed by atoms with Crippen molar-refractivity contribution in [2.45, 2.75) is 19.1 Å². The van der Waals surface area contributed by atoms with Crippen molar-refractivity contribution in [1.82, 2.24) is 0 Å². The Hall–Kier alpha value is 1.02. The van der Waals surface area contributed by atoms with Crippen molar-refractivity contribution in [3.63, 3.8) is 0 Å². The van der Waals surface area contributed by atoms with E-state index in [1.165, 1.54) is 0 Å². The smallest absolute Gasteiger partial charge is 1.00 e. The quantitative estimate of drug-likeness (QED) is 0.400. The predicted molar refractivity (Wildman–Crippen MR) is 30.3 cm³/mol. The van der Waals surface area contributed by atoms with Crippen LogP contribution in [0.2, 0.25) is 0 Å². The van der Waals surface area contributed by atoms with Gasteiger partial charge in [-0.25, -0.2) is 0 Å². The van der Waals surface area contributed by atoms with Crippen LogP contribution < -0.4 is 17.0 Å². The number of ether oxygens (including phenoxy) is 2. The summed E-state index contributed by atoms with van der Waals surface area (Å²) in [6, 6.07) is 0. The molecule has 0 N–H and O–H groups in total. The molecule has 0 radical (unpaired) electrons. The van der Waals surface area contributed by atoms with Crippen LogP contribution in [0.25, 0.3) is 0 Å². The van der Waals surface area contributed by atoms with Gasteiger partial charge in [0.1, 0.15) is 6.29 Å². The zero-order valence-corrected chi connectivity index (χ0v) is 10.6. The molecular formula is C6H11BrO2Zn. The van der Waals surface area contributed by atoms with Crippen LogP contribution in [0.4, 0.5) is 0 Å². The van der Waals surface area contributed by atoms with Gasteiger partial charge in [-0.15, -0.1) is 6.42 Å². The molecule has 0 bridgehead atoms. The molecule has 0 aromatic rings. The Balaban J connectivity index is 0. The first-order valence-corrected chi connectivity index (χ1v) is 2.96. The second kappa shape index (κ2) is 8.12. The van der Waals surface area contributed by atoms with E-state index in [1.807, 2.05) is 0 Å². The average Bonchev–Trinajstić information content (AvgIpc) is 1.90. The van der Waals surface area contributed by atoms with Crippen molar-refractivity contribution in [2.75, 3.05) is 13.2 Å². The molecular weight excluding hydrogens is 249 g/mol. The van der Waals surface area contributed by atoms with Crippen LogP contribution >= 0.6 is 0 Å². The Kier molecular flexibility index (Phi) is 11.0. The SMILES string of the molecule is [Br-].[CH2-]CC1OCCCO1.[Zn+2]. The van der Waals surface area contributed by atoms with Crippen molar-refractivity contribution in [2.24, 2.45) is 0 Å². The molecule has 0 aliphatic carbocycles. The predicted octanol–water partition coefficient (Wildman–Crippen LogP) is -2.02. The zero-order chi connectivity index (χ0) is 5.82. The van der Waals surface area contributed by atoms with E-state index in [0.29, 0.717) is 0 Å². The first-order valence-electron chi connectivity index (χ1n) is 2.96. The van der Waals surface area contributed by atoms with E-state index < -0.39 is 0 Å². The minimum Gasteiger partial charge on any atom is -1.00 e. The summed E-state index contributed by atoms with van der Waals surface area (Å²) in [5, 5.41) is 0. The van der Waals surface area contributed by atoms with Gasteiger partial charge in [0.15, 0.2) is 0 Å². The first-order chi connectivity index (χ1) is 3.93. The normalized spacial score (nSPS) is 18.9. The molecule has 1 heterocycles. The second-order valence-electron chi connectivity index (χ2n) is 1.81. The molecule has 0 amide bonds. The standard InChI is InChI=1S/C6H11O2.BrH.Zn/c1-2-6-7-4-3-5-8-6;;/h6H,1-5H2;1H;/q-1;;+2/p-1. The van der Waals surface area contributed by atoms with Crippen LogP contribution in [-0.2, 0) is 29.0 Å². The molecule has 0 aromatic carbocycles. The van der Waals surface area contributed by atoms with E-state index >= 15 is 0 Å². The summed E-state index contributed by atoms with van der Waals surface area (Å²) < 4.78 is 10.3. The molecule has 0 saturated carbocycles. The second-order valence-corrected chi connectivity index (χ2v) is 1.81. The van der Waals surface area contributed by atoms with Gasteiger partial charge >= 0.3 is 19.5 Å². The molecule has 0 aromatic heterocycles. The largest absolute Gasteiger partial charge is 2.00 e. The van der Waals surface area contributed by atoms with E-state index in [0.717, 1.165) is 26.1 Å². The van der Waals surface area contributed by atoms with Gasteiger partial charge in [0, 0.05) is 0 Å². The van der Waals surface area contributed by atoms with E-state index in [4.69, 9.17) is 9.47 Å².